The van der Waals surface area contributed by atoms with Gasteiger partial charge in [-0.2, -0.15) is 0 Å². The third kappa shape index (κ3) is 8.21. The zero-order chi connectivity index (χ0) is 34.6. The summed E-state index contributed by atoms with van der Waals surface area (Å²) in [6.07, 6.45) is 2.78. The van der Waals surface area contributed by atoms with E-state index in [1.54, 1.807) is 11.0 Å². The Kier molecular flexibility index (Phi) is 10.8. The van der Waals surface area contributed by atoms with Gasteiger partial charge in [0.15, 0.2) is 6.10 Å². The summed E-state index contributed by atoms with van der Waals surface area (Å²) in [6, 6.07) is 17.4. The third-order valence-corrected chi connectivity index (χ3v) is 9.47. The number of hydrogen-bond acceptors (Lipinski definition) is 6. The van der Waals surface area contributed by atoms with Crippen LogP contribution in [0.25, 0.3) is 10.9 Å². The fourth-order valence-corrected chi connectivity index (χ4v) is 7.11. The van der Waals surface area contributed by atoms with Crippen molar-refractivity contribution in [3.05, 3.63) is 78.0 Å². The van der Waals surface area contributed by atoms with Gasteiger partial charge in [0.25, 0.3) is 11.8 Å². The van der Waals surface area contributed by atoms with E-state index in [0.717, 1.165) is 36.6 Å². The molecule has 0 unspecified atom stereocenters. The molecule has 4 amide bonds. The highest BCUT2D eigenvalue weighted by molar-refractivity contribution is 5.98. The monoisotopic (exact) mass is 655 g/mol. The van der Waals surface area contributed by atoms with Crippen molar-refractivity contribution >= 4 is 34.5 Å². The highest BCUT2D eigenvalue weighted by atomic mass is 16.3. The molecule has 6 atom stereocenters. The van der Waals surface area contributed by atoms with Crippen LogP contribution >= 0.6 is 0 Å². The van der Waals surface area contributed by atoms with E-state index in [0.29, 0.717) is 11.9 Å². The number of rotatable bonds is 10. The Hall–Kier alpha value is -4.31. The molecule has 1 aliphatic heterocycles. The molecule has 1 saturated carbocycles. The molecule has 2 heterocycles. The first-order chi connectivity index (χ1) is 22.8. The maximum absolute atomic E-state index is 14.3. The molecule has 10 heteroatoms. The molecule has 1 aliphatic carbocycles. The minimum Gasteiger partial charge on any atom is -0.381 e. The zero-order valence-electron chi connectivity index (χ0n) is 28.6. The highest BCUT2D eigenvalue weighted by Gasteiger charge is 2.50. The topological polar surface area (TPSA) is 141 Å². The number of aliphatic hydroxyl groups excluding tert-OH is 1. The SMILES string of the molecule is CC(C)[C@H](NC(=O)c1ccc2ccccc2n1)C(=O)N[C@@H](Cc1ccccc1)[C@H](O)C(=O)N1[C@H](C(=O)NC(C)(C)C)C[C@@H]2CCCC[C@@H]21. The van der Waals surface area contributed by atoms with Crippen molar-refractivity contribution in [3.63, 3.8) is 0 Å². The number of aliphatic hydroxyl groups is 1. The molecular weight excluding hydrogens is 606 g/mol. The summed E-state index contributed by atoms with van der Waals surface area (Å²) in [5.74, 6) is -1.95. The lowest BCUT2D eigenvalue weighted by atomic mass is 9.84. The van der Waals surface area contributed by atoms with Gasteiger partial charge in [0.1, 0.15) is 17.8 Å². The van der Waals surface area contributed by atoms with Crippen LogP contribution in [0, 0.1) is 11.8 Å². The van der Waals surface area contributed by atoms with Crippen LogP contribution in [0.3, 0.4) is 0 Å². The first-order valence-electron chi connectivity index (χ1n) is 17.2. The van der Waals surface area contributed by atoms with E-state index in [2.05, 4.69) is 20.9 Å². The van der Waals surface area contributed by atoms with Gasteiger partial charge in [0.05, 0.1) is 11.6 Å². The van der Waals surface area contributed by atoms with Crippen LogP contribution in [0.2, 0.25) is 0 Å². The zero-order valence-corrected chi connectivity index (χ0v) is 28.6. The quantitative estimate of drug-likeness (QED) is 0.259. The lowest BCUT2D eigenvalue weighted by Crippen LogP contribution is -2.60. The number of fused-ring (bicyclic) bond motifs is 2. The van der Waals surface area contributed by atoms with E-state index in [1.807, 2.05) is 95.3 Å². The molecular formula is C38H49N5O5. The summed E-state index contributed by atoms with van der Waals surface area (Å²) in [6.45, 7) is 9.34. The van der Waals surface area contributed by atoms with Gasteiger partial charge in [-0.1, -0.05) is 81.3 Å². The van der Waals surface area contributed by atoms with E-state index in [9.17, 15) is 24.3 Å². The number of para-hydroxylation sites is 1. The van der Waals surface area contributed by atoms with Gasteiger partial charge >= 0.3 is 0 Å². The number of carbonyl (C=O) groups excluding carboxylic acids is 4. The predicted molar refractivity (Wildman–Crippen MR) is 185 cm³/mol. The van der Waals surface area contributed by atoms with Crippen LogP contribution in [-0.2, 0) is 20.8 Å². The molecule has 3 aromatic rings. The minimum atomic E-state index is -1.62. The Morgan fingerprint density at radius 1 is 0.917 bits per heavy atom. The molecule has 256 valence electrons. The molecule has 5 rings (SSSR count). The average molecular weight is 656 g/mol. The van der Waals surface area contributed by atoms with Crippen LogP contribution in [0.1, 0.15) is 82.8 Å². The van der Waals surface area contributed by atoms with Gasteiger partial charge < -0.3 is 26.0 Å². The first-order valence-corrected chi connectivity index (χ1v) is 17.2. The van der Waals surface area contributed by atoms with E-state index in [1.165, 1.54) is 0 Å². The van der Waals surface area contributed by atoms with Crippen molar-refractivity contribution in [3.8, 4) is 0 Å². The lowest BCUT2D eigenvalue weighted by Gasteiger charge is -2.37. The molecule has 1 saturated heterocycles. The van der Waals surface area contributed by atoms with Crippen molar-refractivity contribution in [2.45, 2.75) is 109 Å². The predicted octanol–water partition coefficient (Wildman–Crippen LogP) is 4.15. The third-order valence-electron chi connectivity index (χ3n) is 9.47. The van der Waals surface area contributed by atoms with Crippen LogP contribution < -0.4 is 16.0 Å². The van der Waals surface area contributed by atoms with E-state index >= 15 is 0 Å². The Balaban J connectivity index is 1.38. The molecule has 0 spiro atoms. The summed E-state index contributed by atoms with van der Waals surface area (Å²) in [5, 5.41) is 21.5. The van der Waals surface area contributed by atoms with Gasteiger partial charge in [0.2, 0.25) is 11.8 Å². The second-order valence-corrected chi connectivity index (χ2v) is 14.7. The average Bonchev–Trinajstić information content (AvgIpc) is 3.45. The number of hydrogen-bond donors (Lipinski definition) is 4. The first kappa shape index (κ1) is 35.0. The Morgan fingerprint density at radius 2 is 1.60 bits per heavy atom. The summed E-state index contributed by atoms with van der Waals surface area (Å²) in [7, 11) is 0. The van der Waals surface area contributed by atoms with Crippen molar-refractivity contribution in [2.24, 2.45) is 11.8 Å². The molecule has 0 bridgehead atoms. The number of aromatic nitrogens is 1. The largest absolute Gasteiger partial charge is 0.381 e. The van der Waals surface area contributed by atoms with Crippen LogP contribution in [0.5, 0.6) is 0 Å². The van der Waals surface area contributed by atoms with E-state index in [-0.39, 0.29) is 35.9 Å². The fraction of sp³-hybridized carbons (Fsp3) is 0.500. The number of nitrogens with zero attached hydrogens (tertiary/aromatic N) is 2. The van der Waals surface area contributed by atoms with Crippen molar-refractivity contribution in [1.29, 1.82) is 0 Å². The maximum Gasteiger partial charge on any atom is 0.270 e. The number of pyridine rings is 1. The van der Waals surface area contributed by atoms with Crippen LogP contribution in [0.15, 0.2) is 66.7 Å². The van der Waals surface area contributed by atoms with Crippen LogP contribution in [0.4, 0.5) is 0 Å². The lowest BCUT2D eigenvalue weighted by molar-refractivity contribution is -0.150. The molecule has 10 nitrogen and oxygen atoms in total. The van der Waals surface area contributed by atoms with Crippen molar-refractivity contribution in [1.82, 2.24) is 25.8 Å². The number of nitrogens with one attached hydrogen (secondary N) is 3. The molecule has 48 heavy (non-hydrogen) atoms. The molecule has 2 fully saturated rings. The second kappa shape index (κ2) is 14.8. The maximum atomic E-state index is 14.3. The van der Waals surface area contributed by atoms with Crippen molar-refractivity contribution in [2.75, 3.05) is 0 Å². The number of amides is 4. The number of benzene rings is 2. The Labute approximate surface area is 283 Å². The summed E-state index contributed by atoms with van der Waals surface area (Å²) >= 11 is 0. The van der Waals surface area contributed by atoms with Gasteiger partial charge in [0, 0.05) is 17.0 Å². The molecule has 2 aromatic carbocycles. The minimum absolute atomic E-state index is 0.151. The number of likely N-dealkylation sites (tertiary alicyclic amines) is 1. The van der Waals surface area contributed by atoms with Crippen LogP contribution in [-0.4, -0.2) is 74.4 Å². The van der Waals surface area contributed by atoms with Gasteiger partial charge in [-0.3, -0.25) is 19.2 Å². The summed E-state index contributed by atoms with van der Waals surface area (Å²) in [5.41, 5.74) is 1.18. The fourth-order valence-electron chi connectivity index (χ4n) is 7.11. The van der Waals surface area contributed by atoms with Gasteiger partial charge in [-0.05, 0) is 76.0 Å². The smallest absolute Gasteiger partial charge is 0.270 e. The van der Waals surface area contributed by atoms with Gasteiger partial charge in [-0.25, -0.2) is 4.98 Å². The molecule has 2 aliphatic rings. The Bertz CT molecular complexity index is 1620. The number of carbonyl (C=O) groups is 4. The molecule has 1 aromatic heterocycles. The summed E-state index contributed by atoms with van der Waals surface area (Å²) < 4.78 is 0. The standard InChI is InChI=1S/C38H49N5O5/c1-23(2)32(41-34(45)28-20-19-25-15-9-11-17-27(25)39-28)36(47)40-29(21-24-13-7-6-8-14-24)33(44)37(48)43-30-18-12-10-16-26(30)22-31(43)35(46)42-38(3,4)5/h6-9,11,13-15,17,19-20,23,26,29-33,44H,10,12,16,18,21-22H2,1-5H3,(H,40,47)(H,41,45)(H,42,46)/t26-,29-,30-,31-,32-,33-/m0/s1. The van der Waals surface area contributed by atoms with E-state index < -0.39 is 47.5 Å². The van der Waals surface area contributed by atoms with E-state index in [4.69, 9.17) is 0 Å². The Morgan fingerprint density at radius 3 is 2.31 bits per heavy atom. The van der Waals surface area contributed by atoms with Gasteiger partial charge in [-0.15, -0.1) is 0 Å². The second-order valence-electron chi connectivity index (χ2n) is 14.7. The molecule has 4 N–H and O–H groups in total. The highest BCUT2D eigenvalue weighted by Crippen LogP contribution is 2.40. The molecule has 0 radical (unpaired) electrons. The van der Waals surface area contributed by atoms with Crippen molar-refractivity contribution < 1.29 is 24.3 Å². The summed E-state index contributed by atoms with van der Waals surface area (Å²) in [4.78, 5) is 61.2. The normalized spacial score (nSPS) is 21.2.